The number of hydrogen-bond acceptors (Lipinski definition) is 4. The third-order valence-electron chi connectivity index (χ3n) is 2.04. The second-order valence-corrected chi connectivity index (χ2v) is 4.47. The smallest absolute Gasteiger partial charge is 0.299 e. The average molecular weight is 289 g/mol. The van der Waals surface area contributed by atoms with E-state index in [1.807, 2.05) is 0 Å². The Morgan fingerprint density at radius 2 is 1.88 bits per heavy atom. The predicted octanol–water partition coefficient (Wildman–Crippen LogP) is 1.99. The summed E-state index contributed by atoms with van der Waals surface area (Å²) in [5.41, 5.74) is 0.0514. The molecule has 17 heavy (non-hydrogen) atoms. The Balaban J connectivity index is 2.73. The molecule has 1 heterocycles. The fraction of sp³-hybridized carbons (Fsp3) is 0. The molecule has 1 aromatic carbocycles. The van der Waals surface area contributed by atoms with Crippen LogP contribution >= 0.6 is 35.4 Å². The topological polar surface area (TPSA) is 76.7 Å². The van der Waals surface area contributed by atoms with E-state index >= 15 is 0 Å². The summed E-state index contributed by atoms with van der Waals surface area (Å²) in [7, 11) is 0. The predicted molar refractivity (Wildman–Crippen MR) is 69.3 cm³/mol. The maximum Gasteiger partial charge on any atom is 0.299 e. The lowest BCUT2D eigenvalue weighted by Gasteiger charge is -2.03. The minimum atomic E-state index is -0.521. The highest BCUT2D eigenvalue weighted by atomic mass is 35.5. The largest absolute Gasteiger partial charge is 0.334 e. The van der Waals surface area contributed by atoms with Gasteiger partial charge in [0, 0.05) is 15.6 Å². The van der Waals surface area contributed by atoms with E-state index in [1.54, 1.807) is 18.2 Å². The van der Waals surface area contributed by atoms with E-state index in [2.05, 4.69) is 10.2 Å². The fourth-order valence-corrected chi connectivity index (χ4v) is 1.94. The van der Waals surface area contributed by atoms with Gasteiger partial charge in [0.1, 0.15) is 0 Å². The van der Waals surface area contributed by atoms with Crippen molar-refractivity contribution < 1.29 is 0 Å². The summed E-state index contributed by atoms with van der Waals surface area (Å²) in [5.74, 6) is 5.46. The van der Waals surface area contributed by atoms with Crippen LogP contribution in [0.1, 0.15) is 0 Å². The molecule has 0 saturated heterocycles. The highest BCUT2D eigenvalue weighted by Crippen LogP contribution is 2.23. The summed E-state index contributed by atoms with van der Waals surface area (Å²) < 4.78 is 0.832. The lowest BCUT2D eigenvalue weighted by Crippen LogP contribution is -2.30. The van der Waals surface area contributed by atoms with Gasteiger partial charge >= 0.3 is 0 Å². The number of hydrogen-bond donors (Lipinski definition) is 2. The molecule has 2 aromatic rings. The molecule has 0 fully saturated rings. The minimum absolute atomic E-state index is 0.0341. The first-order chi connectivity index (χ1) is 7.99. The van der Waals surface area contributed by atoms with E-state index in [0.29, 0.717) is 15.6 Å². The molecular weight excluding hydrogens is 283 g/mol. The maximum atomic E-state index is 11.8. The number of rotatable bonds is 1. The van der Waals surface area contributed by atoms with Crippen molar-refractivity contribution in [3.8, 4) is 11.3 Å². The molecule has 5 nitrogen and oxygen atoms in total. The van der Waals surface area contributed by atoms with Crippen LogP contribution in [0.4, 0.5) is 0 Å². The van der Waals surface area contributed by atoms with Crippen molar-refractivity contribution in [3.63, 3.8) is 0 Å². The molecule has 0 aliphatic carbocycles. The zero-order chi connectivity index (χ0) is 12.6. The Morgan fingerprint density at radius 1 is 1.29 bits per heavy atom. The van der Waals surface area contributed by atoms with E-state index < -0.39 is 5.56 Å². The molecule has 8 heteroatoms. The third kappa shape index (κ3) is 2.33. The fourth-order valence-electron chi connectivity index (χ4n) is 1.29. The summed E-state index contributed by atoms with van der Waals surface area (Å²) >= 11 is 16.5. The number of nitrogens with zero attached hydrogens (tertiary/aromatic N) is 2. The SMILES string of the molecule is Nn1c(=S)[nH]nc(-c2cc(Cl)cc(Cl)c2)c1=O. The number of aromatic nitrogens is 3. The first-order valence-corrected chi connectivity index (χ1v) is 5.59. The molecule has 0 radical (unpaired) electrons. The number of H-pyrrole nitrogens is 1. The van der Waals surface area contributed by atoms with Crippen molar-refractivity contribution in [2.45, 2.75) is 0 Å². The maximum absolute atomic E-state index is 11.8. The Bertz CT molecular complexity index is 674. The van der Waals surface area contributed by atoms with Crippen LogP contribution in [0.15, 0.2) is 23.0 Å². The number of halogens is 2. The molecule has 0 unspecified atom stereocenters. The Hall–Kier alpha value is -1.37. The molecule has 0 spiro atoms. The highest BCUT2D eigenvalue weighted by molar-refractivity contribution is 7.71. The Morgan fingerprint density at radius 3 is 2.47 bits per heavy atom. The van der Waals surface area contributed by atoms with Gasteiger partial charge < -0.3 is 5.84 Å². The Kier molecular flexibility index (Phi) is 3.19. The molecule has 0 aliphatic heterocycles. The summed E-state index contributed by atoms with van der Waals surface area (Å²) in [4.78, 5) is 11.8. The van der Waals surface area contributed by atoms with Gasteiger partial charge in [-0.15, -0.1) is 0 Å². The minimum Gasteiger partial charge on any atom is -0.334 e. The summed E-state index contributed by atoms with van der Waals surface area (Å²) in [6.45, 7) is 0. The Labute approximate surface area is 111 Å². The van der Waals surface area contributed by atoms with Crippen molar-refractivity contribution in [3.05, 3.63) is 43.4 Å². The van der Waals surface area contributed by atoms with Gasteiger partial charge in [0.25, 0.3) is 5.56 Å². The van der Waals surface area contributed by atoms with E-state index in [-0.39, 0.29) is 10.5 Å². The van der Waals surface area contributed by atoms with Crippen LogP contribution in [-0.2, 0) is 0 Å². The van der Waals surface area contributed by atoms with Crippen LogP contribution in [0.2, 0.25) is 10.0 Å². The van der Waals surface area contributed by atoms with Crippen molar-refractivity contribution in [1.29, 1.82) is 0 Å². The van der Waals surface area contributed by atoms with Gasteiger partial charge in [-0.2, -0.15) is 9.77 Å². The molecular formula is C9H6Cl2N4OS. The number of nitrogen functional groups attached to an aromatic ring is 1. The van der Waals surface area contributed by atoms with Gasteiger partial charge in [-0.25, -0.2) is 0 Å². The van der Waals surface area contributed by atoms with Gasteiger partial charge in [-0.05, 0) is 30.4 Å². The van der Waals surface area contributed by atoms with Gasteiger partial charge in [0.05, 0.1) is 0 Å². The number of benzene rings is 1. The van der Waals surface area contributed by atoms with Gasteiger partial charge in [-0.1, -0.05) is 23.2 Å². The quantitative estimate of drug-likeness (QED) is 0.621. The van der Waals surface area contributed by atoms with E-state index in [0.717, 1.165) is 4.68 Å². The highest BCUT2D eigenvalue weighted by Gasteiger charge is 2.09. The molecule has 0 atom stereocenters. The molecule has 0 aliphatic rings. The van der Waals surface area contributed by atoms with Crippen molar-refractivity contribution in [2.75, 3.05) is 5.84 Å². The zero-order valence-electron chi connectivity index (χ0n) is 8.28. The first kappa shape index (κ1) is 12.1. The van der Waals surface area contributed by atoms with Crippen LogP contribution in [0.25, 0.3) is 11.3 Å². The van der Waals surface area contributed by atoms with Crippen LogP contribution in [0, 0.1) is 4.77 Å². The molecule has 2 rings (SSSR count). The average Bonchev–Trinajstić information content (AvgIpc) is 2.24. The van der Waals surface area contributed by atoms with Gasteiger partial charge in [0.15, 0.2) is 5.69 Å². The second-order valence-electron chi connectivity index (χ2n) is 3.21. The zero-order valence-corrected chi connectivity index (χ0v) is 10.6. The second kappa shape index (κ2) is 4.48. The van der Waals surface area contributed by atoms with E-state index in [4.69, 9.17) is 41.3 Å². The number of aromatic amines is 1. The lowest BCUT2D eigenvalue weighted by atomic mass is 10.2. The number of nitrogens with one attached hydrogen (secondary N) is 1. The van der Waals surface area contributed by atoms with Gasteiger partial charge in [0.2, 0.25) is 4.77 Å². The van der Waals surface area contributed by atoms with Crippen molar-refractivity contribution in [1.82, 2.24) is 14.9 Å². The van der Waals surface area contributed by atoms with Crippen LogP contribution in [0.5, 0.6) is 0 Å². The monoisotopic (exact) mass is 288 g/mol. The van der Waals surface area contributed by atoms with Gasteiger partial charge in [-0.3, -0.25) is 9.89 Å². The number of nitrogens with two attached hydrogens (primary N) is 1. The first-order valence-electron chi connectivity index (χ1n) is 4.42. The van der Waals surface area contributed by atoms with Crippen LogP contribution < -0.4 is 11.4 Å². The molecule has 0 saturated carbocycles. The van der Waals surface area contributed by atoms with E-state index in [1.165, 1.54) is 0 Å². The van der Waals surface area contributed by atoms with Crippen molar-refractivity contribution in [2.24, 2.45) is 0 Å². The standard InChI is InChI=1S/C9H6Cl2N4OS/c10-5-1-4(2-6(11)3-5)7-8(16)15(12)9(17)14-13-7/h1-3H,12H2,(H,14,17). The van der Waals surface area contributed by atoms with Crippen LogP contribution in [-0.4, -0.2) is 14.9 Å². The van der Waals surface area contributed by atoms with Crippen molar-refractivity contribution >= 4 is 35.4 Å². The summed E-state index contributed by atoms with van der Waals surface area (Å²) in [6.07, 6.45) is 0. The summed E-state index contributed by atoms with van der Waals surface area (Å²) in [5, 5.41) is 7.10. The normalized spacial score (nSPS) is 10.5. The third-order valence-corrected chi connectivity index (χ3v) is 2.76. The summed E-state index contributed by atoms with van der Waals surface area (Å²) in [6, 6.07) is 4.68. The van der Waals surface area contributed by atoms with E-state index in [9.17, 15) is 4.79 Å². The lowest BCUT2D eigenvalue weighted by molar-refractivity contribution is 0.807. The molecule has 3 N–H and O–H groups in total. The molecule has 0 bridgehead atoms. The molecule has 1 aromatic heterocycles. The van der Waals surface area contributed by atoms with Crippen LogP contribution in [0.3, 0.4) is 0 Å². The molecule has 0 amide bonds. The molecule has 88 valence electrons.